The number of nitrogens with zero attached hydrogens (tertiary/aromatic N) is 3. The van der Waals surface area contributed by atoms with Crippen LogP contribution >= 0.6 is 0 Å². The number of imidazole rings is 1. The highest BCUT2D eigenvalue weighted by atomic mass is 16.3. The van der Waals surface area contributed by atoms with Gasteiger partial charge in [-0.05, 0) is 37.2 Å². The first-order valence-corrected chi connectivity index (χ1v) is 16.1. The van der Waals surface area contributed by atoms with Crippen LogP contribution in [0.5, 0.6) is 0 Å². The van der Waals surface area contributed by atoms with Crippen molar-refractivity contribution in [3.05, 3.63) is 54.1 Å². The first-order chi connectivity index (χ1) is 21.0. The van der Waals surface area contributed by atoms with Gasteiger partial charge >= 0.3 is 0 Å². The van der Waals surface area contributed by atoms with E-state index in [4.69, 9.17) is 0 Å². The zero-order valence-electron chi connectivity index (χ0n) is 27.1. The fourth-order valence-corrected chi connectivity index (χ4v) is 6.14. The summed E-state index contributed by atoms with van der Waals surface area (Å²) < 4.78 is 0. The fraction of sp³-hybridized carbons (Fsp3) is 0.647. The second-order valence-corrected chi connectivity index (χ2v) is 13.1. The Balaban J connectivity index is 1.86. The quantitative estimate of drug-likeness (QED) is 0.227. The number of aromatic amines is 1. The van der Waals surface area contributed by atoms with Crippen LogP contribution in [0.25, 0.3) is 0 Å². The highest BCUT2D eigenvalue weighted by Gasteiger charge is 2.35. The molecule has 0 aliphatic heterocycles. The Morgan fingerprint density at radius 3 is 2.30 bits per heavy atom. The summed E-state index contributed by atoms with van der Waals surface area (Å²) in [6.07, 6.45) is 7.63. The number of benzene rings is 1. The van der Waals surface area contributed by atoms with Gasteiger partial charge in [-0.2, -0.15) is 0 Å². The number of H-pyrrole nitrogens is 1. The summed E-state index contributed by atoms with van der Waals surface area (Å²) in [6, 6.07) is 8.47. The lowest BCUT2D eigenvalue weighted by Gasteiger charge is -2.34. The molecule has 0 radical (unpaired) electrons. The number of hydrogen-bond donors (Lipinski definition) is 4. The van der Waals surface area contributed by atoms with Crippen molar-refractivity contribution in [3.63, 3.8) is 0 Å². The molecule has 0 bridgehead atoms. The van der Waals surface area contributed by atoms with Crippen molar-refractivity contribution in [2.24, 2.45) is 17.8 Å². The molecule has 44 heavy (non-hydrogen) atoms. The molecule has 10 nitrogen and oxygen atoms in total. The van der Waals surface area contributed by atoms with E-state index in [2.05, 4.69) is 15.3 Å². The molecule has 3 amide bonds. The van der Waals surface area contributed by atoms with Crippen LogP contribution in [0.4, 0.5) is 0 Å². The zero-order valence-corrected chi connectivity index (χ0v) is 27.1. The number of aliphatic hydroxyl groups is 2. The Labute approximate surface area is 262 Å². The Morgan fingerprint density at radius 2 is 1.70 bits per heavy atom. The third-order valence-corrected chi connectivity index (χ3v) is 8.85. The van der Waals surface area contributed by atoms with Crippen molar-refractivity contribution in [2.45, 2.75) is 103 Å². The molecule has 0 saturated heterocycles. The molecule has 244 valence electrons. The van der Waals surface area contributed by atoms with Crippen LogP contribution in [-0.2, 0) is 20.8 Å². The van der Waals surface area contributed by atoms with Crippen molar-refractivity contribution in [3.8, 4) is 0 Å². The molecular weight excluding hydrogens is 558 g/mol. The van der Waals surface area contributed by atoms with E-state index in [1.54, 1.807) is 20.3 Å². The number of aromatic nitrogens is 2. The molecule has 1 aromatic heterocycles. The largest absolute Gasteiger partial charge is 0.390 e. The van der Waals surface area contributed by atoms with Gasteiger partial charge < -0.3 is 30.3 Å². The normalized spacial score (nSPS) is 17.4. The van der Waals surface area contributed by atoms with Gasteiger partial charge in [0.15, 0.2) is 0 Å². The van der Waals surface area contributed by atoms with Crippen LogP contribution in [-0.4, -0.2) is 86.6 Å². The summed E-state index contributed by atoms with van der Waals surface area (Å²) in [4.78, 5) is 50.9. The highest BCUT2D eigenvalue weighted by Crippen LogP contribution is 2.29. The Bertz CT molecular complexity index is 1150. The lowest BCUT2D eigenvalue weighted by Crippen LogP contribution is -2.52. The minimum absolute atomic E-state index is 0.120. The predicted molar refractivity (Wildman–Crippen MR) is 170 cm³/mol. The van der Waals surface area contributed by atoms with Crippen LogP contribution in [0.1, 0.15) is 89.4 Å². The molecule has 1 heterocycles. The third-order valence-electron chi connectivity index (χ3n) is 8.85. The minimum Gasteiger partial charge on any atom is -0.390 e. The van der Waals surface area contributed by atoms with Gasteiger partial charge in [-0.25, -0.2) is 4.98 Å². The summed E-state index contributed by atoms with van der Waals surface area (Å²) in [5, 5.41) is 25.2. The van der Waals surface area contributed by atoms with E-state index < -0.39 is 30.2 Å². The van der Waals surface area contributed by atoms with Gasteiger partial charge in [-0.3, -0.25) is 14.4 Å². The Kier molecular flexibility index (Phi) is 13.9. The van der Waals surface area contributed by atoms with Gasteiger partial charge in [-0.1, -0.05) is 76.3 Å². The second-order valence-electron chi connectivity index (χ2n) is 13.1. The molecule has 2 aromatic rings. The van der Waals surface area contributed by atoms with Gasteiger partial charge in [-0.15, -0.1) is 0 Å². The van der Waals surface area contributed by atoms with Crippen LogP contribution in [0.2, 0.25) is 0 Å². The van der Waals surface area contributed by atoms with Crippen LogP contribution in [0.3, 0.4) is 0 Å². The smallest absolute Gasteiger partial charge is 0.241 e. The van der Waals surface area contributed by atoms with Crippen molar-refractivity contribution in [1.29, 1.82) is 0 Å². The summed E-state index contributed by atoms with van der Waals surface area (Å²) in [5.74, 6) is -1.16. The average molecular weight is 612 g/mol. The van der Waals surface area contributed by atoms with Gasteiger partial charge in [0.2, 0.25) is 17.7 Å². The summed E-state index contributed by atoms with van der Waals surface area (Å²) >= 11 is 0. The maximum absolute atomic E-state index is 14.0. The fourth-order valence-electron chi connectivity index (χ4n) is 6.14. The highest BCUT2D eigenvalue weighted by molar-refractivity contribution is 5.89. The summed E-state index contributed by atoms with van der Waals surface area (Å²) in [5.41, 5.74) is 1.59. The molecule has 1 aromatic carbocycles. The predicted octanol–water partition coefficient (Wildman–Crippen LogP) is 3.86. The number of carbonyl (C=O) groups is 3. The molecule has 1 fully saturated rings. The number of hydrogen-bond acceptors (Lipinski definition) is 6. The molecule has 0 unspecified atom stereocenters. The van der Waals surface area contributed by atoms with Crippen LogP contribution in [0, 0.1) is 17.8 Å². The van der Waals surface area contributed by atoms with Crippen LogP contribution in [0.15, 0.2) is 42.9 Å². The molecular formula is C34H53N5O5. The number of aliphatic hydroxyl groups excluding tert-OH is 2. The zero-order chi connectivity index (χ0) is 32.2. The molecule has 0 spiro atoms. The molecule has 10 heteroatoms. The van der Waals surface area contributed by atoms with E-state index in [1.165, 1.54) is 22.5 Å². The minimum atomic E-state index is -1.13. The second kappa shape index (κ2) is 17.3. The SMILES string of the molecule is CC(C)C[C@H](O)[C@H](O)[C@H](CC1CCCCC1)NC(=O)[C@@H](CC(=O)N(CC(=O)N(C)C)[C@@H](C)c1ccccc1)Cc1cnc[nH]1. The van der Waals surface area contributed by atoms with E-state index in [0.717, 1.165) is 31.2 Å². The van der Waals surface area contributed by atoms with E-state index in [1.807, 2.05) is 51.1 Å². The standard InChI is InChI=1S/C34H53N5O5/c1-23(2)16-30(40)33(43)29(17-25-12-8-6-9-13-25)37-34(44)27(18-28-20-35-22-36-28)19-31(41)39(21-32(42)38(4)5)24(3)26-14-10-7-11-15-26/h7,10-11,14-15,20,22-25,27,29-30,33,40,43H,6,8-9,12-13,16-19,21H2,1-5H3,(H,35,36)(H,37,44)/t24-,27+,29-,30-,33+/m0/s1. The number of carbonyl (C=O) groups excluding carboxylic acids is 3. The topological polar surface area (TPSA) is 139 Å². The van der Waals surface area contributed by atoms with E-state index in [9.17, 15) is 24.6 Å². The third kappa shape index (κ3) is 10.7. The van der Waals surface area contributed by atoms with Gasteiger partial charge in [0.25, 0.3) is 0 Å². The first-order valence-electron chi connectivity index (χ1n) is 16.1. The van der Waals surface area contributed by atoms with E-state index in [-0.39, 0.29) is 43.0 Å². The maximum atomic E-state index is 14.0. The molecule has 1 aliphatic carbocycles. The monoisotopic (exact) mass is 611 g/mol. The maximum Gasteiger partial charge on any atom is 0.241 e. The lowest BCUT2D eigenvalue weighted by atomic mass is 9.82. The van der Waals surface area contributed by atoms with Crippen molar-refractivity contribution >= 4 is 17.7 Å². The lowest BCUT2D eigenvalue weighted by molar-refractivity contribution is -0.143. The number of rotatable bonds is 16. The first kappa shape index (κ1) is 35.2. The average Bonchev–Trinajstić information content (AvgIpc) is 3.52. The van der Waals surface area contributed by atoms with E-state index >= 15 is 0 Å². The molecule has 1 saturated carbocycles. The number of likely N-dealkylation sites (N-methyl/N-ethyl adjacent to an activating group) is 1. The summed E-state index contributed by atoms with van der Waals surface area (Å²) in [6.45, 7) is 5.73. The van der Waals surface area contributed by atoms with Gasteiger partial charge in [0.1, 0.15) is 12.6 Å². The van der Waals surface area contributed by atoms with Gasteiger partial charge in [0, 0.05) is 38.8 Å². The molecule has 4 N–H and O–H groups in total. The molecule has 5 atom stereocenters. The van der Waals surface area contributed by atoms with Crippen LogP contribution < -0.4 is 5.32 Å². The van der Waals surface area contributed by atoms with Gasteiger partial charge in [0.05, 0.1) is 30.4 Å². The van der Waals surface area contributed by atoms with Crippen molar-refractivity contribution in [1.82, 2.24) is 25.1 Å². The summed E-state index contributed by atoms with van der Waals surface area (Å²) in [7, 11) is 3.30. The Hall–Kier alpha value is -3.24. The van der Waals surface area contributed by atoms with E-state index in [0.29, 0.717) is 24.5 Å². The Morgan fingerprint density at radius 1 is 1.02 bits per heavy atom. The molecule has 3 rings (SSSR count). The van der Waals surface area contributed by atoms with Crippen molar-refractivity contribution < 1.29 is 24.6 Å². The number of amides is 3. The molecule has 1 aliphatic rings. The number of nitrogens with one attached hydrogen (secondary N) is 2. The van der Waals surface area contributed by atoms with Crippen molar-refractivity contribution in [2.75, 3.05) is 20.6 Å².